The minimum atomic E-state index is -0.424. The topological polar surface area (TPSA) is 69.7 Å². The largest absolute Gasteiger partial charge is 0.354 e. The lowest BCUT2D eigenvalue weighted by Gasteiger charge is -2.48. The molecule has 1 N–H and O–H groups in total. The number of carbonyl (C=O) groups excluding carboxylic acids is 3. The minimum absolute atomic E-state index is 0.0192. The van der Waals surface area contributed by atoms with Crippen LogP contribution >= 0.6 is 0 Å². The Bertz CT molecular complexity index is 610. The van der Waals surface area contributed by atoms with E-state index in [9.17, 15) is 14.4 Å². The SMILES string of the molecule is CC(C)C1CCC(=O)N(C2C[C@@H](C(C)C)CN(C3C[C@H](C(C)C)CNC3=O)C2=O)C1. The number of hydrogen-bond acceptors (Lipinski definition) is 3. The van der Waals surface area contributed by atoms with E-state index in [4.69, 9.17) is 0 Å². The number of nitrogens with one attached hydrogen (secondary N) is 1. The molecule has 0 spiro atoms. The summed E-state index contributed by atoms with van der Waals surface area (Å²) in [4.78, 5) is 43.0. The summed E-state index contributed by atoms with van der Waals surface area (Å²) in [6.07, 6.45) is 2.87. The van der Waals surface area contributed by atoms with Crippen molar-refractivity contribution in [3.63, 3.8) is 0 Å². The molecule has 6 nitrogen and oxygen atoms in total. The first-order valence-corrected chi connectivity index (χ1v) is 12.0. The first-order chi connectivity index (χ1) is 14.1. The lowest BCUT2D eigenvalue weighted by Crippen LogP contribution is -2.64. The molecule has 0 saturated carbocycles. The maximum atomic E-state index is 13.7. The Morgan fingerprint density at radius 3 is 1.93 bits per heavy atom. The molecule has 0 bridgehead atoms. The van der Waals surface area contributed by atoms with Gasteiger partial charge in [0.2, 0.25) is 17.7 Å². The Morgan fingerprint density at radius 2 is 1.33 bits per heavy atom. The van der Waals surface area contributed by atoms with Gasteiger partial charge >= 0.3 is 0 Å². The van der Waals surface area contributed by atoms with Crippen molar-refractivity contribution >= 4 is 17.7 Å². The lowest BCUT2D eigenvalue weighted by molar-refractivity contribution is -0.159. The van der Waals surface area contributed by atoms with Gasteiger partial charge in [-0.1, -0.05) is 41.5 Å². The number of piperidine rings is 3. The zero-order valence-corrected chi connectivity index (χ0v) is 19.7. The lowest BCUT2D eigenvalue weighted by atomic mass is 9.80. The fourth-order valence-electron chi connectivity index (χ4n) is 5.37. The highest BCUT2D eigenvalue weighted by molar-refractivity contribution is 5.93. The third-order valence-electron chi connectivity index (χ3n) is 7.95. The molecule has 0 aromatic heterocycles. The van der Waals surface area contributed by atoms with Crippen molar-refractivity contribution in [1.82, 2.24) is 15.1 Å². The van der Waals surface area contributed by atoms with Gasteiger partial charge in [0.1, 0.15) is 12.1 Å². The highest BCUT2D eigenvalue weighted by Crippen LogP contribution is 2.35. The van der Waals surface area contributed by atoms with Gasteiger partial charge in [0.05, 0.1) is 0 Å². The second kappa shape index (κ2) is 9.27. The van der Waals surface area contributed by atoms with Crippen LogP contribution in [0.15, 0.2) is 0 Å². The molecule has 0 radical (unpaired) electrons. The third-order valence-corrected chi connectivity index (χ3v) is 7.95. The molecule has 0 aliphatic carbocycles. The zero-order chi connectivity index (χ0) is 22.2. The molecule has 0 aromatic carbocycles. The zero-order valence-electron chi connectivity index (χ0n) is 19.7. The summed E-state index contributed by atoms with van der Waals surface area (Å²) >= 11 is 0. The number of nitrogens with zero attached hydrogens (tertiary/aromatic N) is 2. The predicted molar refractivity (Wildman–Crippen MR) is 117 cm³/mol. The first kappa shape index (κ1) is 23.1. The van der Waals surface area contributed by atoms with Crippen LogP contribution in [0.5, 0.6) is 0 Å². The summed E-state index contributed by atoms with van der Waals surface area (Å²) in [6, 6.07) is -0.837. The number of likely N-dealkylation sites (tertiary alicyclic amines) is 2. The fraction of sp³-hybridized carbons (Fsp3) is 0.875. The Hall–Kier alpha value is -1.59. The second-order valence-corrected chi connectivity index (χ2v) is 10.8. The van der Waals surface area contributed by atoms with Crippen LogP contribution in [0.1, 0.15) is 67.2 Å². The molecule has 3 aliphatic rings. The summed E-state index contributed by atoms with van der Waals surface area (Å²) in [7, 11) is 0. The molecular formula is C24H41N3O3. The van der Waals surface area contributed by atoms with Gasteiger partial charge in [-0.15, -0.1) is 0 Å². The van der Waals surface area contributed by atoms with Crippen LogP contribution in [-0.4, -0.2) is 59.2 Å². The van der Waals surface area contributed by atoms with Gasteiger partial charge in [-0.05, 0) is 54.8 Å². The fourth-order valence-corrected chi connectivity index (χ4v) is 5.37. The summed E-state index contributed by atoms with van der Waals surface area (Å²) in [5.41, 5.74) is 0. The molecule has 170 valence electrons. The van der Waals surface area contributed by atoms with Gasteiger partial charge in [0, 0.05) is 26.1 Å². The average Bonchev–Trinajstić information content (AvgIpc) is 2.68. The van der Waals surface area contributed by atoms with E-state index in [-0.39, 0.29) is 17.7 Å². The van der Waals surface area contributed by atoms with Gasteiger partial charge < -0.3 is 15.1 Å². The maximum absolute atomic E-state index is 13.7. The van der Waals surface area contributed by atoms with E-state index in [0.717, 1.165) is 12.8 Å². The summed E-state index contributed by atoms with van der Waals surface area (Å²) in [5.74, 6) is 2.51. The van der Waals surface area contributed by atoms with E-state index in [1.807, 2.05) is 9.80 Å². The molecule has 5 atom stereocenters. The van der Waals surface area contributed by atoms with Crippen LogP contribution in [0, 0.1) is 35.5 Å². The highest BCUT2D eigenvalue weighted by atomic mass is 16.2. The van der Waals surface area contributed by atoms with Crippen LogP contribution < -0.4 is 5.32 Å². The number of rotatable bonds is 5. The first-order valence-electron chi connectivity index (χ1n) is 12.0. The molecule has 0 aromatic rings. The molecule has 3 amide bonds. The summed E-state index contributed by atoms with van der Waals surface area (Å²) in [6.45, 7) is 15.1. The van der Waals surface area contributed by atoms with Crippen LogP contribution in [0.4, 0.5) is 0 Å². The van der Waals surface area contributed by atoms with E-state index >= 15 is 0 Å². The van der Waals surface area contributed by atoms with Crippen LogP contribution in [0.3, 0.4) is 0 Å². The second-order valence-electron chi connectivity index (χ2n) is 10.8. The smallest absolute Gasteiger partial charge is 0.246 e. The van der Waals surface area contributed by atoms with Gasteiger partial charge in [-0.2, -0.15) is 0 Å². The van der Waals surface area contributed by atoms with Gasteiger partial charge in [0.15, 0.2) is 0 Å². The maximum Gasteiger partial charge on any atom is 0.246 e. The van der Waals surface area contributed by atoms with E-state index in [2.05, 4.69) is 46.9 Å². The van der Waals surface area contributed by atoms with E-state index in [1.54, 1.807) is 0 Å². The van der Waals surface area contributed by atoms with Gasteiger partial charge in [-0.3, -0.25) is 14.4 Å². The van der Waals surface area contributed by atoms with Crippen molar-refractivity contribution < 1.29 is 14.4 Å². The molecule has 3 heterocycles. The Balaban J connectivity index is 1.86. The molecule has 3 saturated heterocycles. The van der Waals surface area contributed by atoms with Crippen molar-refractivity contribution in [1.29, 1.82) is 0 Å². The molecule has 30 heavy (non-hydrogen) atoms. The predicted octanol–water partition coefficient (Wildman–Crippen LogP) is 2.91. The van der Waals surface area contributed by atoms with Crippen molar-refractivity contribution in [3.05, 3.63) is 0 Å². The van der Waals surface area contributed by atoms with Gasteiger partial charge in [-0.25, -0.2) is 0 Å². The van der Waals surface area contributed by atoms with Crippen LogP contribution in [0.2, 0.25) is 0 Å². The number of amides is 3. The van der Waals surface area contributed by atoms with Crippen molar-refractivity contribution in [2.45, 2.75) is 79.3 Å². The van der Waals surface area contributed by atoms with Crippen LogP contribution in [0.25, 0.3) is 0 Å². The molecule has 3 rings (SSSR count). The Labute approximate surface area is 182 Å². The van der Waals surface area contributed by atoms with Crippen LogP contribution in [-0.2, 0) is 14.4 Å². The molecule has 3 unspecified atom stereocenters. The Kier molecular flexibility index (Phi) is 7.13. The highest BCUT2D eigenvalue weighted by Gasteiger charge is 2.47. The van der Waals surface area contributed by atoms with Crippen molar-refractivity contribution in [2.24, 2.45) is 35.5 Å². The number of carbonyl (C=O) groups is 3. The summed E-state index contributed by atoms with van der Waals surface area (Å²) < 4.78 is 0. The van der Waals surface area contributed by atoms with Crippen molar-refractivity contribution in [2.75, 3.05) is 19.6 Å². The number of hydrogen-bond donors (Lipinski definition) is 1. The van der Waals surface area contributed by atoms with E-state index in [0.29, 0.717) is 68.0 Å². The third kappa shape index (κ3) is 4.67. The molecule has 3 fully saturated rings. The molecular weight excluding hydrogens is 378 g/mol. The minimum Gasteiger partial charge on any atom is -0.354 e. The monoisotopic (exact) mass is 419 g/mol. The quantitative estimate of drug-likeness (QED) is 0.745. The van der Waals surface area contributed by atoms with E-state index < -0.39 is 12.1 Å². The average molecular weight is 420 g/mol. The van der Waals surface area contributed by atoms with E-state index in [1.165, 1.54) is 0 Å². The standard InChI is InChI=1S/C24H41N3O3/c1-14(2)17-7-8-22(28)26(12-17)21-10-19(16(5)6)13-27(24(21)30)20-9-18(15(3)4)11-25-23(20)29/h14-21H,7-13H2,1-6H3,(H,25,29)/t17?,18-,19+,20?,21?/m0/s1. The summed E-state index contributed by atoms with van der Waals surface area (Å²) in [5, 5.41) is 3.04. The molecule has 3 aliphatic heterocycles. The van der Waals surface area contributed by atoms with Gasteiger partial charge in [0.25, 0.3) is 0 Å². The normalized spacial score (nSPS) is 33.6. The Morgan fingerprint density at radius 1 is 0.767 bits per heavy atom. The molecule has 6 heteroatoms. The van der Waals surface area contributed by atoms with Crippen molar-refractivity contribution in [3.8, 4) is 0 Å².